The minimum absolute atomic E-state index is 0.101. The smallest absolute Gasteiger partial charge is 0.387 e. The standard InChI is InChI=1S/C22H25F2NO4/c1-27-19-10-5-11-20(28-2)21(19)18-9-4-7-16(14-26)25(18)13-15-6-3-8-17(12-15)29-22(23)24/h3,5-6,8,10-12,14,16,18,22H,4,7,9,13H2,1-2H3. The summed E-state index contributed by atoms with van der Waals surface area (Å²) in [4.78, 5) is 13.9. The molecule has 1 heterocycles. The first-order valence-corrected chi connectivity index (χ1v) is 9.53. The molecular weight excluding hydrogens is 380 g/mol. The molecule has 0 aromatic heterocycles. The van der Waals surface area contributed by atoms with E-state index in [1.807, 2.05) is 24.3 Å². The molecule has 2 unspecified atom stereocenters. The van der Waals surface area contributed by atoms with Crippen molar-refractivity contribution in [2.75, 3.05) is 14.2 Å². The van der Waals surface area contributed by atoms with E-state index in [4.69, 9.17) is 9.47 Å². The van der Waals surface area contributed by atoms with Crippen molar-refractivity contribution >= 4 is 6.29 Å². The van der Waals surface area contributed by atoms with Crippen molar-refractivity contribution in [3.05, 3.63) is 53.6 Å². The predicted molar refractivity (Wildman–Crippen MR) is 105 cm³/mol. The zero-order valence-corrected chi connectivity index (χ0v) is 16.5. The topological polar surface area (TPSA) is 48.0 Å². The van der Waals surface area contributed by atoms with Crippen molar-refractivity contribution in [3.63, 3.8) is 0 Å². The second-order valence-electron chi connectivity index (χ2n) is 6.92. The van der Waals surface area contributed by atoms with Crippen LogP contribution < -0.4 is 14.2 Å². The number of aldehydes is 1. The first kappa shape index (κ1) is 21.0. The van der Waals surface area contributed by atoms with Crippen molar-refractivity contribution in [1.82, 2.24) is 4.90 Å². The zero-order chi connectivity index (χ0) is 20.8. The highest BCUT2D eigenvalue weighted by atomic mass is 19.3. The maximum atomic E-state index is 12.6. The highest BCUT2D eigenvalue weighted by molar-refractivity contribution is 5.59. The second kappa shape index (κ2) is 9.69. The molecule has 2 aromatic carbocycles. The summed E-state index contributed by atoms with van der Waals surface area (Å²) in [7, 11) is 3.21. The summed E-state index contributed by atoms with van der Waals surface area (Å²) in [6.45, 7) is -2.47. The van der Waals surface area contributed by atoms with E-state index in [1.165, 1.54) is 6.07 Å². The minimum atomic E-state index is -2.88. The SMILES string of the molecule is COc1cccc(OC)c1C1CCCC(C=O)N1Cc1cccc(OC(F)F)c1. The molecule has 1 aliphatic heterocycles. The van der Waals surface area contributed by atoms with Crippen LogP contribution >= 0.6 is 0 Å². The van der Waals surface area contributed by atoms with Gasteiger partial charge in [-0.15, -0.1) is 0 Å². The van der Waals surface area contributed by atoms with Gasteiger partial charge in [0.15, 0.2) is 0 Å². The van der Waals surface area contributed by atoms with Gasteiger partial charge < -0.3 is 19.0 Å². The molecule has 1 saturated heterocycles. The number of methoxy groups -OCH3 is 2. The maximum Gasteiger partial charge on any atom is 0.387 e. The Balaban J connectivity index is 1.97. The van der Waals surface area contributed by atoms with Crippen LogP contribution in [-0.2, 0) is 11.3 Å². The molecule has 0 radical (unpaired) electrons. The number of alkyl halides is 2. The van der Waals surface area contributed by atoms with Gasteiger partial charge in [0.1, 0.15) is 23.5 Å². The highest BCUT2D eigenvalue weighted by Gasteiger charge is 2.34. The molecule has 2 aromatic rings. The number of nitrogens with zero attached hydrogens (tertiary/aromatic N) is 1. The third-order valence-corrected chi connectivity index (χ3v) is 5.25. The van der Waals surface area contributed by atoms with Crippen LogP contribution in [0.2, 0.25) is 0 Å². The minimum Gasteiger partial charge on any atom is -0.496 e. The number of hydrogen-bond acceptors (Lipinski definition) is 5. The Morgan fingerprint density at radius 1 is 1.10 bits per heavy atom. The van der Waals surface area contributed by atoms with Crippen molar-refractivity contribution < 1.29 is 27.8 Å². The zero-order valence-electron chi connectivity index (χ0n) is 16.5. The lowest BCUT2D eigenvalue weighted by Crippen LogP contribution is -2.42. The molecule has 7 heteroatoms. The van der Waals surface area contributed by atoms with Crippen LogP contribution in [0.4, 0.5) is 8.78 Å². The molecule has 1 fully saturated rings. The molecule has 0 saturated carbocycles. The number of likely N-dealkylation sites (tertiary alicyclic amines) is 1. The lowest BCUT2D eigenvalue weighted by Gasteiger charge is -2.41. The van der Waals surface area contributed by atoms with E-state index >= 15 is 0 Å². The van der Waals surface area contributed by atoms with Crippen molar-refractivity contribution in [2.24, 2.45) is 0 Å². The number of benzene rings is 2. The van der Waals surface area contributed by atoms with Gasteiger partial charge in [0.05, 0.1) is 25.8 Å². The van der Waals surface area contributed by atoms with E-state index in [2.05, 4.69) is 9.64 Å². The molecule has 5 nitrogen and oxygen atoms in total. The fourth-order valence-corrected chi connectivity index (χ4v) is 4.01. The van der Waals surface area contributed by atoms with Crippen LogP contribution in [0, 0.1) is 0 Å². The van der Waals surface area contributed by atoms with Crippen LogP contribution in [0.25, 0.3) is 0 Å². The van der Waals surface area contributed by atoms with E-state index in [-0.39, 0.29) is 17.8 Å². The molecule has 156 valence electrons. The fraction of sp³-hybridized carbons (Fsp3) is 0.409. The Labute approximate surface area is 169 Å². The van der Waals surface area contributed by atoms with E-state index in [1.54, 1.807) is 26.4 Å². The molecule has 0 aliphatic carbocycles. The largest absolute Gasteiger partial charge is 0.496 e. The molecule has 0 spiro atoms. The van der Waals surface area contributed by atoms with Gasteiger partial charge in [-0.25, -0.2) is 0 Å². The van der Waals surface area contributed by atoms with E-state index in [9.17, 15) is 13.6 Å². The van der Waals surface area contributed by atoms with Gasteiger partial charge in [-0.3, -0.25) is 4.90 Å². The van der Waals surface area contributed by atoms with Crippen LogP contribution in [-0.4, -0.2) is 38.1 Å². The summed E-state index contributed by atoms with van der Waals surface area (Å²) in [5, 5.41) is 0. The van der Waals surface area contributed by atoms with Crippen molar-refractivity contribution in [2.45, 2.75) is 44.5 Å². The Morgan fingerprint density at radius 3 is 2.41 bits per heavy atom. The summed E-state index contributed by atoms with van der Waals surface area (Å²) in [6.07, 6.45) is 3.41. The maximum absolute atomic E-state index is 12.6. The summed E-state index contributed by atoms with van der Waals surface area (Å²) < 4.78 is 40.8. The van der Waals surface area contributed by atoms with Gasteiger partial charge in [0.2, 0.25) is 0 Å². The van der Waals surface area contributed by atoms with Gasteiger partial charge in [-0.05, 0) is 49.1 Å². The number of rotatable bonds is 8. The molecule has 29 heavy (non-hydrogen) atoms. The van der Waals surface area contributed by atoms with Crippen LogP contribution in [0.3, 0.4) is 0 Å². The monoisotopic (exact) mass is 405 g/mol. The number of carbonyl (C=O) groups excluding carboxylic acids is 1. The van der Waals surface area contributed by atoms with Gasteiger partial charge >= 0.3 is 6.61 Å². The summed E-state index contributed by atoms with van der Waals surface area (Å²) in [5.74, 6) is 1.49. The Kier molecular flexibility index (Phi) is 7.04. The summed E-state index contributed by atoms with van der Waals surface area (Å²) in [6, 6.07) is 11.8. The average Bonchev–Trinajstić information content (AvgIpc) is 2.73. The van der Waals surface area contributed by atoms with Crippen LogP contribution in [0.15, 0.2) is 42.5 Å². The molecule has 0 bridgehead atoms. The number of hydrogen-bond donors (Lipinski definition) is 0. The highest BCUT2D eigenvalue weighted by Crippen LogP contribution is 2.43. The first-order chi connectivity index (χ1) is 14.1. The quantitative estimate of drug-likeness (QED) is 0.601. The van der Waals surface area contributed by atoms with Gasteiger partial charge in [-0.1, -0.05) is 18.2 Å². The van der Waals surface area contributed by atoms with Crippen molar-refractivity contribution in [3.8, 4) is 17.2 Å². The van der Waals surface area contributed by atoms with Crippen molar-refractivity contribution in [1.29, 1.82) is 0 Å². The lowest BCUT2D eigenvalue weighted by molar-refractivity contribution is -0.115. The number of ether oxygens (including phenoxy) is 3. The van der Waals surface area contributed by atoms with E-state index < -0.39 is 6.61 Å². The molecule has 3 rings (SSSR count). The van der Waals surface area contributed by atoms with Gasteiger partial charge in [0, 0.05) is 12.6 Å². The molecule has 0 N–H and O–H groups in total. The lowest BCUT2D eigenvalue weighted by atomic mass is 9.89. The normalized spacial score (nSPS) is 19.8. The Morgan fingerprint density at radius 2 is 1.79 bits per heavy atom. The van der Waals surface area contributed by atoms with Crippen LogP contribution in [0.5, 0.6) is 17.2 Å². The fourth-order valence-electron chi connectivity index (χ4n) is 4.01. The molecule has 2 atom stereocenters. The van der Waals surface area contributed by atoms with E-state index in [0.717, 1.165) is 36.7 Å². The third-order valence-electron chi connectivity index (χ3n) is 5.25. The molecule has 0 amide bonds. The first-order valence-electron chi connectivity index (χ1n) is 9.53. The Bertz CT molecular complexity index is 808. The average molecular weight is 405 g/mol. The molecular formula is C22H25F2NO4. The number of carbonyl (C=O) groups is 1. The third kappa shape index (κ3) is 4.85. The molecule has 1 aliphatic rings. The Hall–Kier alpha value is -2.67. The second-order valence-corrected chi connectivity index (χ2v) is 6.92. The number of halogens is 2. The predicted octanol–water partition coefficient (Wildman–Crippen LogP) is 4.60. The number of piperidine rings is 1. The van der Waals surface area contributed by atoms with E-state index in [0.29, 0.717) is 18.0 Å². The summed E-state index contributed by atoms with van der Waals surface area (Å²) in [5.41, 5.74) is 1.68. The summed E-state index contributed by atoms with van der Waals surface area (Å²) >= 11 is 0. The van der Waals surface area contributed by atoms with Crippen LogP contribution in [0.1, 0.15) is 36.4 Å². The van der Waals surface area contributed by atoms with Gasteiger partial charge in [-0.2, -0.15) is 8.78 Å². The van der Waals surface area contributed by atoms with Gasteiger partial charge in [0.25, 0.3) is 0 Å².